The highest BCUT2D eigenvalue weighted by Gasteiger charge is 2.31. The van der Waals surface area contributed by atoms with Crippen LogP contribution in [0.1, 0.15) is 29.9 Å². The molecule has 2 aromatic carbocycles. The summed E-state index contributed by atoms with van der Waals surface area (Å²) in [6, 6.07) is 10.0. The van der Waals surface area contributed by atoms with E-state index >= 15 is 0 Å². The van der Waals surface area contributed by atoms with Crippen LogP contribution in [0.3, 0.4) is 0 Å². The molecule has 0 fully saturated rings. The van der Waals surface area contributed by atoms with E-state index < -0.39 is 40.6 Å². The second-order valence-electron chi connectivity index (χ2n) is 6.76. The molecule has 0 atom stereocenters. The number of amides is 1. The number of benzene rings is 2. The van der Waals surface area contributed by atoms with Crippen LogP contribution in [-0.2, 0) is 6.18 Å². The summed E-state index contributed by atoms with van der Waals surface area (Å²) in [5.74, 6) is -1.21. The summed E-state index contributed by atoms with van der Waals surface area (Å²) in [5, 5.41) is 4.07. The van der Waals surface area contributed by atoms with E-state index in [2.05, 4.69) is 5.10 Å². The van der Waals surface area contributed by atoms with E-state index in [9.17, 15) is 27.2 Å². The first-order valence-corrected chi connectivity index (χ1v) is 8.94. The zero-order valence-corrected chi connectivity index (χ0v) is 16.0. The number of anilines is 1. The molecule has 0 saturated heterocycles. The maximum Gasteiger partial charge on any atom is 0.416 e. The molecule has 0 aliphatic heterocycles. The van der Waals surface area contributed by atoms with Gasteiger partial charge in [0.1, 0.15) is 5.82 Å². The molecule has 156 valence electrons. The molecule has 5 nitrogen and oxygen atoms in total. The fourth-order valence-corrected chi connectivity index (χ4v) is 2.87. The molecule has 1 aromatic heterocycles. The Balaban J connectivity index is 2.01. The summed E-state index contributed by atoms with van der Waals surface area (Å²) in [7, 11) is 0. The van der Waals surface area contributed by atoms with Gasteiger partial charge in [-0.05, 0) is 62.4 Å². The number of nitrogens with zero attached hydrogens (tertiary/aromatic N) is 3. The van der Waals surface area contributed by atoms with Crippen LogP contribution in [-0.4, -0.2) is 21.7 Å². The van der Waals surface area contributed by atoms with Gasteiger partial charge in [-0.2, -0.15) is 18.3 Å². The lowest BCUT2D eigenvalue weighted by molar-refractivity contribution is -0.137. The van der Waals surface area contributed by atoms with Crippen LogP contribution < -0.4 is 10.3 Å². The third kappa shape index (κ3) is 4.40. The summed E-state index contributed by atoms with van der Waals surface area (Å²) in [5.41, 5.74) is -1.28. The summed E-state index contributed by atoms with van der Waals surface area (Å²) in [4.78, 5) is 26.6. The number of hydrogen-bond acceptors (Lipinski definition) is 3. The summed E-state index contributed by atoms with van der Waals surface area (Å²) in [6.45, 7) is 3.33. The maximum absolute atomic E-state index is 13.1. The summed E-state index contributed by atoms with van der Waals surface area (Å²) >= 11 is 0. The van der Waals surface area contributed by atoms with E-state index in [1.165, 1.54) is 52.2 Å². The first kappa shape index (κ1) is 21.2. The Morgan fingerprint density at radius 3 is 2.13 bits per heavy atom. The molecule has 3 aromatic rings. The molecule has 1 amide bonds. The number of hydrogen-bond donors (Lipinski definition) is 0. The van der Waals surface area contributed by atoms with Crippen molar-refractivity contribution < 1.29 is 22.4 Å². The van der Waals surface area contributed by atoms with Crippen LogP contribution in [0.4, 0.5) is 23.2 Å². The Morgan fingerprint density at radius 1 is 1.00 bits per heavy atom. The van der Waals surface area contributed by atoms with Gasteiger partial charge in [0.05, 0.1) is 11.3 Å². The molecule has 0 unspecified atom stereocenters. The van der Waals surface area contributed by atoms with E-state index in [0.717, 1.165) is 18.2 Å². The Hall–Kier alpha value is -3.49. The molecule has 0 spiro atoms. The van der Waals surface area contributed by atoms with Crippen molar-refractivity contribution in [2.24, 2.45) is 0 Å². The van der Waals surface area contributed by atoms with Gasteiger partial charge in [-0.1, -0.05) is 0 Å². The van der Waals surface area contributed by atoms with Crippen LogP contribution in [0.25, 0.3) is 5.69 Å². The average molecular weight is 419 g/mol. The molecule has 0 N–H and O–H groups in total. The largest absolute Gasteiger partial charge is 0.416 e. The molecule has 30 heavy (non-hydrogen) atoms. The molecular weight excluding hydrogens is 402 g/mol. The highest BCUT2D eigenvalue weighted by Crippen LogP contribution is 2.31. The lowest BCUT2D eigenvalue weighted by Crippen LogP contribution is -2.40. The topological polar surface area (TPSA) is 55.2 Å². The number of carbonyl (C=O) groups excluding carboxylic acids is 1. The van der Waals surface area contributed by atoms with Gasteiger partial charge in [0.25, 0.3) is 5.91 Å². The quantitative estimate of drug-likeness (QED) is 0.588. The predicted molar refractivity (Wildman–Crippen MR) is 103 cm³/mol. The first-order valence-electron chi connectivity index (χ1n) is 8.94. The average Bonchev–Trinajstić information content (AvgIpc) is 2.68. The molecule has 9 heteroatoms. The fourth-order valence-electron chi connectivity index (χ4n) is 2.87. The van der Waals surface area contributed by atoms with Gasteiger partial charge in [0, 0.05) is 24.0 Å². The normalized spacial score (nSPS) is 11.6. The first-order chi connectivity index (χ1) is 14.1. The van der Waals surface area contributed by atoms with Crippen molar-refractivity contribution in [3.05, 3.63) is 88.1 Å². The zero-order chi connectivity index (χ0) is 22.1. The molecule has 1 heterocycles. The molecule has 3 rings (SSSR count). The van der Waals surface area contributed by atoms with Gasteiger partial charge in [-0.15, -0.1) is 0 Å². The van der Waals surface area contributed by atoms with Crippen LogP contribution in [0.5, 0.6) is 0 Å². The predicted octanol–water partition coefficient (Wildman–Crippen LogP) is 4.45. The molecule has 0 radical (unpaired) electrons. The van der Waals surface area contributed by atoms with E-state index in [-0.39, 0.29) is 5.69 Å². The standard InChI is InChI=1S/C21H17F4N3O2/c1-13(2)28(17-7-3-14(4-8-17)21(23,24)25)20(30)19-18(29)11-12-27(26-19)16-9-5-15(22)6-10-16/h3-13H,1-2H3. The summed E-state index contributed by atoms with van der Waals surface area (Å²) in [6.07, 6.45) is -3.17. The minimum atomic E-state index is -4.50. The Morgan fingerprint density at radius 2 is 1.60 bits per heavy atom. The van der Waals surface area contributed by atoms with Crippen molar-refractivity contribution in [3.63, 3.8) is 0 Å². The number of halogens is 4. The highest BCUT2D eigenvalue weighted by molar-refractivity contribution is 6.05. The smallest absolute Gasteiger partial charge is 0.304 e. The van der Waals surface area contributed by atoms with Gasteiger partial charge in [0.15, 0.2) is 5.69 Å². The third-order valence-corrected chi connectivity index (χ3v) is 4.31. The number of aromatic nitrogens is 2. The minimum absolute atomic E-state index is 0.196. The fraction of sp³-hybridized carbons (Fsp3) is 0.190. The maximum atomic E-state index is 13.1. The lowest BCUT2D eigenvalue weighted by Gasteiger charge is -2.26. The van der Waals surface area contributed by atoms with Crippen LogP contribution in [0, 0.1) is 5.82 Å². The van der Waals surface area contributed by atoms with Crippen molar-refractivity contribution in [2.75, 3.05) is 4.90 Å². The number of carbonyl (C=O) groups is 1. The van der Waals surface area contributed by atoms with Gasteiger partial charge < -0.3 is 4.90 Å². The van der Waals surface area contributed by atoms with Crippen LogP contribution in [0.15, 0.2) is 65.6 Å². The Kier molecular flexibility index (Phi) is 5.73. The zero-order valence-electron chi connectivity index (χ0n) is 16.0. The van der Waals surface area contributed by atoms with Crippen LogP contribution in [0.2, 0.25) is 0 Å². The third-order valence-electron chi connectivity index (χ3n) is 4.31. The minimum Gasteiger partial charge on any atom is -0.304 e. The lowest BCUT2D eigenvalue weighted by atomic mass is 10.1. The molecule has 0 aliphatic carbocycles. The SMILES string of the molecule is CC(C)N(C(=O)c1nn(-c2ccc(F)cc2)ccc1=O)c1ccc(C(F)(F)F)cc1. The van der Waals surface area contributed by atoms with Crippen molar-refractivity contribution in [1.29, 1.82) is 0 Å². The number of rotatable bonds is 4. The van der Waals surface area contributed by atoms with Crippen molar-refractivity contribution in [2.45, 2.75) is 26.1 Å². The molecule has 0 bridgehead atoms. The monoisotopic (exact) mass is 419 g/mol. The van der Waals surface area contributed by atoms with E-state index in [1.807, 2.05) is 0 Å². The van der Waals surface area contributed by atoms with E-state index in [1.54, 1.807) is 13.8 Å². The molecular formula is C21H17F4N3O2. The van der Waals surface area contributed by atoms with Gasteiger partial charge in [0.2, 0.25) is 5.43 Å². The highest BCUT2D eigenvalue weighted by atomic mass is 19.4. The Bertz CT molecular complexity index is 1100. The van der Waals surface area contributed by atoms with Gasteiger partial charge >= 0.3 is 6.18 Å². The molecule has 0 aliphatic rings. The van der Waals surface area contributed by atoms with Gasteiger partial charge in [-0.3, -0.25) is 9.59 Å². The Labute approximate surface area is 169 Å². The second-order valence-corrected chi connectivity index (χ2v) is 6.76. The summed E-state index contributed by atoms with van der Waals surface area (Å²) < 4.78 is 52.9. The van der Waals surface area contributed by atoms with Crippen LogP contribution >= 0.6 is 0 Å². The van der Waals surface area contributed by atoms with Crippen molar-refractivity contribution >= 4 is 11.6 Å². The van der Waals surface area contributed by atoms with Gasteiger partial charge in [-0.25, -0.2) is 9.07 Å². The van der Waals surface area contributed by atoms with E-state index in [4.69, 9.17) is 0 Å². The van der Waals surface area contributed by atoms with Crippen molar-refractivity contribution in [1.82, 2.24) is 9.78 Å². The van der Waals surface area contributed by atoms with E-state index in [0.29, 0.717) is 5.69 Å². The molecule has 0 saturated carbocycles. The number of alkyl halides is 3. The second kappa shape index (κ2) is 8.10. The van der Waals surface area contributed by atoms with Crippen molar-refractivity contribution in [3.8, 4) is 5.69 Å².